The van der Waals surface area contributed by atoms with Crippen molar-refractivity contribution in [3.63, 3.8) is 0 Å². The number of ether oxygens (including phenoxy) is 4. The molecule has 106 heavy (non-hydrogen) atoms. The minimum Gasteiger partial charge on any atom is -0.462 e. The zero-order valence-electron chi connectivity index (χ0n) is 66.1. The second-order valence-electron chi connectivity index (χ2n) is 26.6. The molecule has 5 unspecified atom stereocenters. The second kappa shape index (κ2) is 77.8. The van der Waals surface area contributed by atoms with E-state index in [9.17, 15) is 43.2 Å². The first kappa shape index (κ1) is 101. The maximum absolute atomic E-state index is 13.1. The molecule has 0 aliphatic heterocycles. The molecule has 0 fully saturated rings. The van der Waals surface area contributed by atoms with Crippen molar-refractivity contribution in [2.45, 2.75) is 329 Å². The van der Waals surface area contributed by atoms with E-state index in [2.05, 4.69) is 174 Å². The molecule has 0 aromatic heterocycles. The van der Waals surface area contributed by atoms with Crippen LogP contribution in [0.2, 0.25) is 0 Å². The number of allylic oxidation sites excluding steroid dienone is 26. The van der Waals surface area contributed by atoms with E-state index in [-0.39, 0.29) is 25.7 Å². The van der Waals surface area contributed by atoms with Crippen LogP contribution < -0.4 is 0 Å². The first-order valence-corrected chi connectivity index (χ1v) is 43.7. The van der Waals surface area contributed by atoms with Crippen LogP contribution in [0.5, 0.6) is 0 Å². The molecule has 0 aliphatic rings. The Balaban J connectivity index is 5.46. The van der Waals surface area contributed by atoms with Crippen molar-refractivity contribution in [2.75, 3.05) is 39.6 Å². The van der Waals surface area contributed by atoms with Gasteiger partial charge in [-0.1, -0.05) is 282 Å². The number of phosphoric acid groups is 2. The molecule has 0 aliphatic carbocycles. The zero-order valence-corrected chi connectivity index (χ0v) is 67.8. The van der Waals surface area contributed by atoms with Crippen molar-refractivity contribution in [3.8, 4) is 0 Å². The van der Waals surface area contributed by atoms with E-state index in [0.29, 0.717) is 32.1 Å². The average Bonchev–Trinajstić information content (AvgIpc) is 0.902. The summed E-state index contributed by atoms with van der Waals surface area (Å²) in [6.45, 7) is 4.43. The van der Waals surface area contributed by atoms with Gasteiger partial charge in [-0.2, -0.15) is 0 Å². The van der Waals surface area contributed by atoms with E-state index in [1.165, 1.54) is 38.5 Å². The van der Waals surface area contributed by atoms with Crippen molar-refractivity contribution in [1.82, 2.24) is 0 Å². The number of carbonyl (C=O) groups is 4. The molecule has 0 rings (SSSR count). The predicted octanol–water partition coefficient (Wildman–Crippen LogP) is 24.0. The van der Waals surface area contributed by atoms with Gasteiger partial charge in [0.1, 0.15) is 19.3 Å². The van der Waals surface area contributed by atoms with Crippen LogP contribution in [0.4, 0.5) is 0 Å². The topological polar surface area (TPSA) is 237 Å². The fourth-order valence-electron chi connectivity index (χ4n) is 10.4. The number of carbonyl (C=O) groups excluding carboxylic acids is 4. The molecular formula is C87H144O17P2. The average molecular weight is 1520 g/mol. The van der Waals surface area contributed by atoms with Crippen molar-refractivity contribution in [3.05, 3.63) is 158 Å². The van der Waals surface area contributed by atoms with Gasteiger partial charge < -0.3 is 33.8 Å². The summed E-state index contributed by atoms with van der Waals surface area (Å²) < 4.78 is 68.6. The number of esters is 4. The van der Waals surface area contributed by atoms with Crippen LogP contribution in [-0.4, -0.2) is 96.7 Å². The third-order valence-electron chi connectivity index (χ3n) is 16.5. The highest BCUT2D eigenvalue weighted by molar-refractivity contribution is 7.47. The Morgan fingerprint density at radius 1 is 0.274 bits per heavy atom. The molecule has 0 radical (unpaired) electrons. The Kier molecular flexibility index (Phi) is 73.9. The summed E-state index contributed by atoms with van der Waals surface area (Å²) >= 11 is 0. The first-order chi connectivity index (χ1) is 51.7. The Morgan fingerprint density at radius 3 is 0.802 bits per heavy atom. The fourth-order valence-corrected chi connectivity index (χ4v) is 12.0. The molecule has 0 aromatic carbocycles. The van der Waals surface area contributed by atoms with Crippen LogP contribution in [-0.2, 0) is 65.4 Å². The van der Waals surface area contributed by atoms with E-state index in [4.69, 9.17) is 37.0 Å². The first-order valence-electron chi connectivity index (χ1n) is 40.7. The summed E-state index contributed by atoms with van der Waals surface area (Å²) in [7, 11) is -10.00. The fraction of sp³-hybridized carbons (Fsp3) is 0.655. The summed E-state index contributed by atoms with van der Waals surface area (Å²) in [6.07, 6.45) is 90.8. The van der Waals surface area contributed by atoms with E-state index in [1.807, 2.05) is 12.2 Å². The molecule has 0 amide bonds. The van der Waals surface area contributed by atoms with Gasteiger partial charge in [0.05, 0.1) is 26.4 Å². The molecule has 0 bridgehead atoms. The van der Waals surface area contributed by atoms with E-state index in [0.717, 1.165) is 186 Å². The zero-order chi connectivity index (χ0) is 77.4. The summed E-state index contributed by atoms with van der Waals surface area (Å²) in [6, 6.07) is 0. The quantitative estimate of drug-likeness (QED) is 0.0169. The molecule has 17 nitrogen and oxygen atoms in total. The summed E-state index contributed by atoms with van der Waals surface area (Å²) in [5.74, 6) is -2.29. The number of phosphoric ester groups is 2. The molecule has 0 heterocycles. The Hall–Kier alpha value is -5.32. The Labute approximate surface area is 642 Å². The SMILES string of the molecule is CC/C=C\C/C=C\C/C=C\C/C=C\C/C=C\CCCC(=O)OCC(COP(=O)(O)OCC(O)COP(=O)(O)OCC(COC(=O)CCCCCCCCC/C=C\C/C=C\C/C=C\CC)OC(=O)CCCCCCC/C=C\CCCCCCCC)OC(=O)CCCCCC/C=C\C/C=C\C/C=C\C/C=C\CC. The van der Waals surface area contributed by atoms with Gasteiger partial charge in [0.25, 0.3) is 0 Å². The van der Waals surface area contributed by atoms with Gasteiger partial charge in [0.15, 0.2) is 12.2 Å². The van der Waals surface area contributed by atoms with Gasteiger partial charge in [0.2, 0.25) is 0 Å². The lowest BCUT2D eigenvalue weighted by atomic mass is 10.1. The molecule has 19 heteroatoms. The molecule has 0 saturated carbocycles. The van der Waals surface area contributed by atoms with Crippen molar-refractivity contribution in [1.29, 1.82) is 0 Å². The number of aliphatic hydroxyl groups excluding tert-OH is 1. The maximum Gasteiger partial charge on any atom is 0.472 e. The van der Waals surface area contributed by atoms with Crippen molar-refractivity contribution < 1.29 is 80.2 Å². The van der Waals surface area contributed by atoms with Gasteiger partial charge in [0, 0.05) is 25.7 Å². The van der Waals surface area contributed by atoms with Crippen molar-refractivity contribution in [2.24, 2.45) is 0 Å². The third-order valence-corrected chi connectivity index (χ3v) is 18.4. The lowest BCUT2D eigenvalue weighted by Gasteiger charge is -2.21. The lowest BCUT2D eigenvalue weighted by Crippen LogP contribution is -2.30. The van der Waals surface area contributed by atoms with E-state index >= 15 is 0 Å². The summed E-state index contributed by atoms with van der Waals surface area (Å²) in [5.41, 5.74) is 0. The molecule has 5 atom stereocenters. The van der Waals surface area contributed by atoms with Crippen LogP contribution in [0, 0.1) is 0 Å². The highest BCUT2D eigenvalue weighted by Crippen LogP contribution is 2.45. The predicted molar refractivity (Wildman–Crippen MR) is 436 cm³/mol. The number of hydrogen-bond acceptors (Lipinski definition) is 15. The highest BCUT2D eigenvalue weighted by atomic mass is 31.2. The molecule has 0 aromatic rings. The minimum absolute atomic E-state index is 0.0493. The number of rotatable bonds is 75. The summed E-state index contributed by atoms with van der Waals surface area (Å²) in [5, 5.41) is 10.7. The van der Waals surface area contributed by atoms with Crippen molar-refractivity contribution >= 4 is 39.5 Å². The van der Waals surface area contributed by atoms with Gasteiger partial charge >= 0.3 is 39.5 Å². The second-order valence-corrected chi connectivity index (χ2v) is 29.5. The lowest BCUT2D eigenvalue weighted by molar-refractivity contribution is -0.161. The summed E-state index contributed by atoms with van der Waals surface area (Å²) in [4.78, 5) is 73.1. The van der Waals surface area contributed by atoms with Crippen LogP contribution in [0.1, 0.15) is 310 Å². The smallest absolute Gasteiger partial charge is 0.462 e. The van der Waals surface area contributed by atoms with Crippen LogP contribution in [0.25, 0.3) is 0 Å². The molecule has 0 spiro atoms. The molecule has 3 N–H and O–H groups in total. The van der Waals surface area contributed by atoms with E-state index < -0.39 is 97.5 Å². The molecular weight excluding hydrogens is 1380 g/mol. The van der Waals surface area contributed by atoms with Crippen LogP contribution >= 0.6 is 15.6 Å². The normalized spacial score (nSPS) is 14.7. The number of hydrogen-bond donors (Lipinski definition) is 3. The van der Waals surface area contributed by atoms with Gasteiger partial charge in [-0.25, -0.2) is 9.13 Å². The van der Waals surface area contributed by atoms with Gasteiger partial charge in [-0.3, -0.25) is 37.3 Å². The largest absolute Gasteiger partial charge is 0.472 e. The standard InChI is InChI=1S/C87H144O17P2/c1-5-9-13-17-21-25-29-33-37-40-44-47-51-55-59-63-67-71-84(89)97-77-82(103-86(91)73-69-65-61-57-53-49-43-36-32-28-24-20-16-12-8-4)79-101-105(93,94)99-75-81(88)76-100-106(95,96)102-80-83(104-87(92)74-70-66-62-58-54-50-46-42-39-35-31-27-23-19-15-11-7-3)78-98-85(90)72-68-64-60-56-52-48-45-41-38-34-30-26-22-18-14-10-6-2/h9-11,13-15,21-23,25-27,33-39,43,45-46,48,50,56,60,81-83,88H,5-8,12,16-20,24,28-32,40-42,44,47,49,51-55,57-59,61-80H2,1-4H3,(H,93,94)(H,95,96)/b13-9-,14-10-,15-11-,25-21-,26-22-,27-23-,37-33-,38-34-,39-35-,43-36-,48-45-,50-46-,60-56-. The number of unbranched alkanes of at least 4 members (excludes halogenated alkanes) is 23. The monoisotopic (exact) mass is 1520 g/mol. The molecule has 604 valence electrons. The van der Waals surface area contributed by atoms with E-state index in [1.54, 1.807) is 0 Å². The number of aliphatic hydroxyl groups is 1. The van der Waals surface area contributed by atoms with Gasteiger partial charge in [-0.05, 0) is 161 Å². The Morgan fingerprint density at radius 2 is 0.500 bits per heavy atom. The van der Waals surface area contributed by atoms with Gasteiger partial charge in [-0.15, -0.1) is 0 Å². The highest BCUT2D eigenvalue weighted by Gasteiger charge is 2.30. The minimum atomic E-state index is -5.01. The maximum atomic E-state index is 13.1. The third kappa shape index (κ3) is 76.9. The van der Waals surface area contributed by atoms with Crippen LogP contribution in [0.15, 0.2) is 158 Å². The molecule has 0 saturated heterocycles. The Bertz CT molecular complexity index is 2630. The van der Waals surface area contributed by atoms with Crippen LogP contribution in [0.3, 0.4) is 0 Å².